The van der Waals surface area contributed by atoms with Crippen molar-refractivity contribution in [3.8, 4) is 0 Å². The van der Waals surface area contributed by atoms with Gasteiger partial charge in [0.2, 0.25) is 0 Å². The first-order chi connectivity index (χ1) is 5.45. The van der Waals surface area contributed by atoms with Gasteiger partial charge in [0.05, 0.1) is 0 Å². The second-order valence-corrected chi connectivity index (χ2v) is 1.78. The first-order valence-electron chi connectivity index (χ1n) is 3.00. The topological polar surface area (TPSA) is 87.0 Å². The molecule has 0 heterocycles. The molecular weight excluding hydrogens is 162 g/mol. The smallest absolute Gasteiger partial charge is 0.327 e. The summed E-state index contributed by atoms with van der Waals surface area (Å²) in [5.41, 5.74) is 0.139. The van der Waals surface area contributed by atoms with Crippen LogP contribution in [0.25, 0.3) is 0 Å². The van der Waals surface area contributed by atoms with Crippen LogP contribution in [0.1, 0.15) is 13.8 Å². The minimum Gasteiger partial charge on any atom is -0.478 e. The minimum atomic E-state index is -0.981. The number of nitrogens with zero attached hydrogens (tertiary/aromatic N) is 1. The number of hydrogen-bond acceptors (Lipinski definition) is 4. The lowest BCUT2D eigenvalue weighted by molar-refractivity contribution is -0.131. The zero-order chi connectivity index (χ0) is 10.1. The maximum atomic E-state index is 10.1. The number of carbonyl (C=O) groups excluding carboxylic acids is 1. The molecule has 0 spiro atoms. The molecule has 0 atom stereocenters. The maximum absolute atomic E-state index is 10.1. The normalized spacial score (nSPS) is 9.33. The highest BCUT2D eigenvalue weighted by Gasteiger charge is 1.93. The van der Waals surface area contributed by atoms with Crippen molar-refractivity contribution in [2.45, 2.75) is 13.8 Å². The van der Waals surface area contributed by atoms with Gasteiger partial charge >= 0.3 is 5.97 Å². The molecule has 2 N–H and O–H groups in total. The number of Topliss-reactive ketones (excluding diaryl/α,β-unsaturated/α-hetero) is 1. The van der Waals surface area contributed by atoms with Gasteiger partial charge in [0.1, 0.15) is 5.71 Å². The molecule has 0 amide bonds. The van der Waals surface area contributed by atoms with Crippen molar-refractivity contribution < 1.29 is 19.9 Å². The fourth-order valence-corrected chi connectivity index (χ4v) is 0.0704. The van der Waals surface area contributed by atoms with Gasteiger partial charge in [-0.1, -0.05) is 11.7 Å². The molecule has 0 unspecified atom stereocenters. The summed E-state index contributed by atoms with van der Waals surface area (Å²) < 4.78 is 0. The molecule has 0 radical (unpaired) electrons. The summed E-state index contributed by atoms with van der Waals surface area (Å²) in [6.45, 7) is 5.75. The van der Waals surface area contributed by atoms with E-state index in [4.69, 9.17) is 10.3 Å². The molecular formula is C7H11NO4. The van der Waals surface area contributed by atoms with Crippen molar-refractivity contribution in [3.05, 3.63) is 12.7 Å². The van der Waals surface area contributed by atoms with Crippen molar-refractivity contribution in [1.82, 2.24) is 0 Å². The van der Waals surface area contributed by atoms with E-state index in [1.165, 1.54) is 13.8 Å². The van der Waals surface area contributed by atoms with Gasteiger partial charge < -0.3 is 10.3 Å². The summed E-state index contributed by atoms with van der Waals surface area (Å²) in [5, 5.41) is 18.1. The molecule has 5 heteroatoms. The number of carboxylic acid groups (broad SMARTS) is 1. The Balaban J connectivity index is 0. The Morgan fingerprint density at radius 1 is 1.42 bits per heavy atom. The standard InChI is InChI=1S/C4H7NO2.C3H4O2/c1-3(5-7)4(2)6;1-2-3(4)5/h7H,1-2H3;2H,1H2,(H,4,5)/b5-3+;. The Hall–Kier alpha value is -1.65. The van der Waals surface area contributed by atoms with Gasteiger partial charge in [-0.05, 0) is 6.92 Å². The maximum Gasteiger partial charge on any atom is 0.327 e. The van der Waals surface area contributed by atoms with E-state index in [-0.39, 0.29) is 11.5 Å². The van der Waals surface area contributed by atoms with E-state index in [2.05, 4.69) is 11.7 Å². The molecule has 0 aromatic heterocycles. The zero-order valence-corrected chi connectivity index (χ0v) is 6.94. The molecule has 0 aliphatic carbocycles. The van der Waals surface area contributed by atoms with E-state index < -0.39 is 5.97 Å². The highest BCUT2D eigenvalue weighted by Crippen LogP contribution is 1.73. The molecule has 0 aliphatic heterocycles. The summed E-state index contributed by atoms with van der Waals surface area (Å²) in [6.07, 6.45) is 0.833. The first-order valence-corrected chi connectivity index (χ1v) is 3.00. The van der Waals surface area contributed by atoms with Crippen LogP contribution in [0.3, 0.4) is 0 Å². The Bertz CT molecular complexity index is 207. The van der Waals surface area contributed by atoms with Crippen molar-refractivity contribution in [2.24, 2.45) is 5.16 Å². The Kier molecular flexibility index (Phi) is 8.06. The van der Waals surface area contributed by atoms with Crippen LogP contribution in [0.15, 0.2) is 17.8 Å². The van der Waals surface area contributed by atoms with Gasteiger partial charge in [-0.25, -0.2) is 4.79 Å². The average molecular weight is 173 g/mol. The summed E-state index contributed by atoms with van der Waals surface area (Å²) in [5.74, 6) is -1.19. The third-order valence-corrected chi connectivity index (χ3v) is 0.834. The van der Waals surface area contributed by atoms with Crippen LogP contribution in [0.4, 0.5) is 0 Å². The largest absolute Gasteiger partial charge is 0.478 e. The first kappa shape index (κ1) is 13.0. The van der Waals surface area contributed by atoms with Gasteiger partial charge in [-0.2, -0.15) is 0 Å². The van der Waals surface area contributed by atoms with Crippen LogP contribution < -0.4 is 0 Å². The third kappa shape index (κ3) is 11.2. The number of oxime groups is 1. The van der Waals surface area contributed by atoms with E-state index in [1.54, 1.807) is 0 Å². The average Bonchev–Trinajstić information content (AvgIpc) is 2.04. The fraction of sp³-hybridized carbons (Fsp3) is 0.286. The SMILES string of the molecule is C=CC(=O)O.CC(=O)/C(C)=N/O. The Morgan fingerprint density at radius 2 is 1.75 bits per heavy atom. The highest BCUT2D eigenvalue weighted by molar-refractivity contribution is 6.37. The van der Waals surface area contributed by atoms with Crippen LogP contribution in [-0.2, 0) is 9.59 Å². The Morgan fingerprint density at radius 3 is 1.75 bits per heavy atom. The molecule has 0 aliphatic rings. The lowest BCUT2D eigenvalue weighted by Gasteiger charge is -1.82. The summed E-state index contributed by atoms with van der Waals surface area (Å²) in [7, 11) is 0. The van der Waals surface area contributed by atoms with E-state index in [9.17, 15) is 9.59 Å². The van der Waals surface area contributed by atoms with Gasteiger partial charge in [-0.15, -0.1) is 0 Å². The fourth-order valence-electron chi connectivity index (χ4n) is 0.0704. The third-order valence-electron chi connectivity index (χ3n) is 0.834. The minimum absolute atomic E-state index is 0.139. The monoisotopic (exact) mass is 173 g/mol. The molecule has 5 nitrogen and oxygen atoms in total. The van der Waals surface area contributed by atoms with Crippen molar-refractivity contribution >= 4 is 17.5 Å². The van der Waals surface area contributed by atoms with Crippen molar-refractivity contribution in [1.29, 1.82) is 0 Å². The lowest BCUT2D eigenvalue weighted by Crippen LogP contribution is -2.02. The van der Waals surface area contributed by atoms with Crippen LogP contribution in [-0.4, -0.2) is 27.8 Å². The van der Waals surface area contributed by atoms with Gasteiger partial charge in [0.15, 0.2) is 5.78 Å². The second-order valence-electron chi connectivity index (χ2n) is 1.78. The number of ketones is 1. The molecule has 0 fully saturated rings. The molecule has 0 rings (SSSR count). The molecule has 0 bridgehead atoms. The van der Waals surface area contributed by atoms with E-state index >= 15 is 0 Å². The number of rotatable bonds is 2. The quantitative estimate of drug-likeness (QED) is 0.278. The summed E-state index contributed by atoms with van der Waals surface area (Å²) in [4.78, 5) is 19.3. The van der Waals surface area contributed by atoms with Gasteiger partial charge in [0.25, 0.3) is 0 Å². The highest BCUT2D eigenvalue weighted by atomic mass is 16.4. The molecule has 68 valence electrons. The van der Waals surface area contributed by atoms with Gasteiger partial charge in [-0.3, -0.25) is 4.79 Å². The molecule has 0 saturated heterocycles. The predicted octanol–water partition coefficient (Wildman–Crippen LogP) is 0.682. The second kappa shape index (κ2) is 7.46. The van der Waals surface area contributed by atoms with Crippen molar-refractivity contribution in [2.75, 3.05) is 0 Å². The molecule has 0 saturated carbocycles. The van der Waals surface area contributed by atoms with Crippen LogP contribution in [0.2, 0.25) is 0 Å². The van der Waals surface area contributed by atoms with Crippen LogP contribution >= 0.6 is 0 Å². The predicted molar refractivity (Wildman–Crippen MR) is 43.4 cm³/mol. The number of carboxylic acids is 1. The number of carbonyl (C=O) groups is 2. The van der Waals surface area contributed by atoms with Gasteiger partial charge in [0, 0.05) is 13.0 Å². The van der Waals surface area contributed by atoms with Crippen molar-refractivity contribution in [3.63, 3.8) is 0 Å². The molecule has 12 heavy (non-hydrogen) atoms. The van der Waals surface area contributed by atoms with E-state index in [0.717, 1.165) is 6.08 Å². The number of aliphatic carboxylic acids is 1. The molecule has 0 aromatic rings. The summed E-state index contributed by atoms with van der Waals surface area (Å²) in [6, 6.07) is 0. The van der Waals surface area contributed by atoms with E-state index in [0.29, 0.717) is 0 Å². The Labute approximate surface area is 70.0 Å². The summed E-state index contributed by atoms with van der Waals surface area (Å²) >= 11 is 0. The van der Waals surface area contributed by atoms with Crippen LogP contribution in [0.5, 0.6) is 0 Å². The number of hydrogen-bond donors (Lipinski definition) is 2. The zero-order valence-electron chi connectivity index (χ0n) is 6.94. The molecule has 0 aromatic carbocycles. The lowest BCUT2D eigenvalue weighted by atomic mass is 10.3. The van der Waals surface area contributed by atoms with E-state index in [1.807, 2.05) is 0 Å². The van der Waals surface area contributed by atoms with Crippen LogP contribution in [0, 0.1) is 0 Å².